The van der Waals surface area contributed by atoms with E-state index in [-0.39, 0.29) is 17.7 Å². The molecule has 1 aromatic heterocycles. The molecular weight excluding hydrogens is 386 g/mol. The van der Waals surface area contributed by atoms with E-state index in [1.165, 1.54) is 11.3 Å². The van der Waals surface area contributed by atoms with Crippen LogP contribution in [0.3, 0.4) is 0 Å². The van der Waals surface area contributed by atoms with Crippen LogP contribution < -0.4 is 5.32 Å². The summed E-state index contributed by atoms with van der Waals surface area (Å²) in [4.78, 5) is 30.7. The van der Waals surface area contributed by atoms with Crippen molar-refractivity contribution in [2.45, 2.75) is 45.6 Å². The first-order valence-electron chi connectivity index (χ1n) is 11.1. The Morgan fingerprint density at radius 3 is 2.66 bits per heavy atom. The van der Waals surface area contributed by atoms with Crippen molar-refractivity contribution in [1.82, 2.24) is 15.1 Å². The van der Waals surface area contributed by atoms with E-state index in [0.29, 0.717) is 25.0 Å². The lowest BCUT2D eigenvalue weighted by Gasteiger charge is -2.39. The highest BCUT2D eigenvalue weighted by Gasteiger charge is 2.31. The Hall–Kier alpha value is -1.44. The lowest BCUT2D eigenvalue weighted by Crippen LogP contribution is -2.53. The summed E-state index contributed by atoms with van der Waals surface area (Å²) in [6.07, 6.45) is 3.96. The fourth-order valence-electron chi connectivity index (χ4n) is 4.62. The summed E-state index contributed by atoms with van der Waals surface area (Å²) in [5.74, 6) is 0.606. The smallest absolute Gasteiger partial charge is 0.263 e. The second kappa shape index (κ2) is 11.1. The van der Waals surface area contributed by atoms with Crippen LogP contribution in [0.5, 0.6) is 0 Å². The summed E-state index contributed by atoms with van der Waals surface area (Å²) in [6.45, 7) is 9.82. The van der Waals surface area contributed by atoms with Gasteiger partial charge < -0.3 is 15.0 Å². The first-order chi connectivity index (χ1) is 14.1. The Kier molecular flexibility index (Phi) is 8.51. The maximum Gasteiger partial charge on any atom is 0.263 e. The minimum Gasteiger partial charge on any atom is -0.379 e. The van der Waals surface area contributed by atoms with Gasteiger partial charge in [-0.05, 0) is 30.2 Å². The quantitative estimate of drug-likeness (QED) is 0.701. The summed E-state index contributed by atoms with van der Waals surface area (Å²) < 4.78 is 5.52. The highest BCUT2D eigenvalue weighted by atomic mass is 32.1. The molecule has 0 aliphatic carbocycles. The lowest BCUT2D eigenvalue weighted by atomic mass is 9.91. The van der Waals surface area contributed by atoms with Crippen molar-refractivity contribution < 1.29 is 14.3 Å². The van der Waals surface area contributed by atoms with E-state index in [9.17, 15) is 9.59 Å². The number of carbonyl (C=O) groups is 2. The Balaban J connectivity index is 1.56. The van der Waals surface area contributed by atoms with E-state index in [0.717, 1.165) is 63.4 Å². The number of nitrogens with zero attached hydrogens (tertiary/aromatic N) is 2. The largest absolute Gasteiger partial charge is 0.379 e. The number of ether oxygens (including phenoxy) is 1. The fraction of sp³-hybridized carbons (Fsp3) is 0.727. The van der Waals surface area contributed by atoms with E-state index in [1.807, 2.05) is 22.4 Å². The maximum absolute atomic E-state index is 12.9. The lowest BCUT2D eigenvalue weighted by molar-refractivity contribution is -0.126. The van der Waals surface area contributed by atoms with Crippen LogP contribution >= 0.6 is 11.3 Å². The molecule has 0 radical (unpaired) electrons. The third-order valence-electron chi connectivity index (χ3n) is 6.40. The molecule has 1 aromatic rings. The Morgan fingerprint density at radius 1 is 1.24 bits per heavy atom. The van der Waals surface area contributed by atoms with Gasteiger partial charge in [0.25, 0.3) is 5.91 Å². The second-order valence-corrected chi connectivity index (χ2v) is 9.05. The number of hydrogen-bond acceptors (Lipinski definition) is 5. The van der Waals surface area contributed by atoms with Crippen LogP contribution in [0.15, 0.2) is 17.5 Å². The van der Waals surface area contributed by atoms with E-state index in [2.05, 4.69) is 24.1 Å². The number of carbonyl (C=O) groups excluding carboxylic acids is 2. The zero-order valence-corrected chi connectivity index (χ0v) is 18.6. The topological polar surface area (TPSA) is 61.9 Å². The summed E-state index contributed by atoms with van der Waals surface area (Å²) in [5.41, 5.74) is 0. The Morgan fingerprint density at radius 2 is 2.00 bits per heavy atom. The van der Waals surface area contributed by atoms with Crippen LogP contribution in [0.1, 0.15) is 49.2 Å². The molecule has 2 atom stereocenters. The van der Waals surface area contributed by atoms with Crippen LogP contribution in [0.4, 0.5) is 0 Å². The van der Waals surface area contributed by atoms with Crippen LogP contribution in [-0.2, 0) is 9.53 Å². The molecule has 0 aromatic carbocycles. The number of rotatable bonds is 8. The highest BCUT2D eigenvalue weighted by Crippen LogP contribution is 2.22. The molecule has 29 heavy (non-hydrogen) atoms. The van der Waals surface area contributed by atoms with Crippen LogP contribution in [-0.4, -0.2) is 73.6 Å². The number of likely N-dealkylation sites (tertiary alicyclic amines) is 1. The van der Waals surface area contributed by atoms with Gasteiger partial charge in [0.1, 0.15) is 0 Å². The predicted octanol–water partition coefficient (Wildman–Crippen LogP) is 2.85. The molecule has 2 fully saturated rings. The minimum absolute atomic E-state index is 0.0562. The van der Waals surface area contributed by atoms with Crippen molar-refractivity contribution in [2.24, 2.45) is 11.8 Å². The van der Waals surface area contributed by atoms with Gasteiger partial charge in [-0.1, -0.05) is 32.8 Å². The molecule has 2 aliphatic heterocycles. The highest BCUT2D eigenvalue weighted by molar-refractivity contribution is 7.12. The summed E-state index contributed by atoms with van der Waals surface area (Å²) in [6, 6.07) is 4.11. The molecule has 3 rings (SSSR count). The fourth-order valence-corrected chi connectivity index (χ4v) is 5.31. The molecule has 0 saturated carbocycles. The number of hydrogen-bond donors (Lipinski definition) is 1. The first kappa shape index (κ1) is 22.2. The molecule has 7 heteroatoms. The van der Waals surface area contributed by atoms with Crippen molar-refractivity contribution in [3.05, 3.63) is 22.4 Å². The summed E-state index contributed by atoms with van der Waals surface area (Å²) in [7, 11) is 0. The molecule has 0 unspecified atom stereocenters. The zero-order valence-electron chi connectivity index (χ0n) is 17.8. The molecule has 1 N–H and O–H groups in total. The third kappa shape index (κ3) is 5.80. The average molecular weight is 422 g/mol. The van der Waals surface area contributed by atoms with Crippen molar-refractivity contribution in [3.8, 4) is 0 Å². The van der Waals surface area contributed by atoms with E-state index in [1.54, 1.807) is 0 Å². The van der Waals surface area contributed by atoms with Crippen LogP contribution in [0.25, 0.3) is 0 Å². The van der Waals surface area contributed by atoms with Gasteiger partial charge in [-0.2, -0.15) is 0 Å². The number of nitrogens with one attached hydrogen (secondary N) is 1. The normalized spacial score (nSPS) is 21.9. The van der Waals surface area contributed by atoms with Gasteiger partial charge in [0.15, 0.2) is 0 Å². The molecule has 0 spiro atoms. The van der Waals surface area contributed by atoms with Crippen LogP contribution in [0, 0.1) is 11.8 Å². The number of thiophene rings is 1. The Bertz CT molecular complexity index is 642. The summed E-state index contributed by atoms with van der Waals surface area (Å²) in [5, 5.41) is 5.16. The van der Waals surface area contributed by atoms with Gasteiger partial charge in [0.05, 0.1) is 24.0 Å². The van der Waals surface area contributed by atoms with Gasteiger partial charge in [-0.3, -0.25) is 14.5 Å². The molecule has 162 valence electrons. The Labute approximate surface area is 178 Å². The van der Waals surface area contributed by atoms with E-state index in [4.69, 9.17) is 4.74 Å². The van der Waals surface area contributed by atoms with Gasteiger partial charge in [0.2, 0.25) is 5.91 Å². The van der Waals surface area contributed by atoms with Gasteiger partial charge in [-0.15, -0.1) is 11.3 Å². The van der Waals surface area contributed by atoms with Gasteiger partial charge in [0, 0.05) is 38.8 Å². The third-order valence-corrected chi connectivity index (χ3v) is 7.26. The average Bonchev–Trinajstić information content (AvgIpc) is 3.31. The predicted molar refractivity (Wildman–Crippen MR) is 116 cm³/mol. The molecule has 6 nitrogen and oxygen atoms in total. The van der Waals surface area contributed by atoms with Crippen molar-refractivity contribution in [3.63, 3.8) is 0 Å². The van der Waals surface area contributed by atoms with Gasteiger partial charge in [-0.25, -0.2) is 0 Å². The van der Waals surface area contributed by atoms with Crippen molar-refractivity contribution >= 4 is 23.2 Å². The number of morpholine rings is 1. The molecule has 2 saturated heterocycles. The minimum atomic E-state index is -0.111. The van der Waals surface area contributed by atoms with Gasteiger partial charge >= 0.3 is 0 Å². The van der Waals surface area contributed by atoms with E-state index >= 15 is 0 Å². The summed E-state index contributed by atoms with van der Waals surface area (Å²) >= 11 is 1.46. The van der Waals surface area contributed by atoms with Crippen LogP contribution in [0.2, 0.25) is 0 Å². The molecule has 0 bridgehead atoms. The number of piperidine rings is 1. The van der Waals surface area contributed by atoms with Crippen molar-refractivity contribution in [2.75, 3.05) is 45.9 Å². The maximum atomic E-state index is 12.9. The SMILES string of the molecule is CCC(CC)[C@@H](CNC(=O)[C@@H]1CCCN(C(=O)c2cccs2)C1)N1CCOCC1. The van der Waals surface area contributed by atoms with E-state index < -0.39 is 0 Å². The number of amides is 2. The molecule has 3 heterocycles. The van der Waals surface area contributed by atoms with Crippen molar-refractivity contribution in [1.29, 1.82) is 0 Å². The zero-order chi connectivity index (χ0) is 20.6. The second-order valence-electron chi connectivity index (χ2n) is 8.11. The molecule has 2 aliphatic rings. The standard InChI is InChI=1S/C22H35N3O3S/c1-3-17(4-2)19(24-10-12-28-13-11-24)15-23-21(26)18-7-5-9-25(16-18)22(27)20-8-6-14-29-20/h6,8,14,17-19H,3-5,7,9-13,15-16H2,1-2H3,(H,23,26)/t18-,19-/m1/s1. The first-order valence-corrected chi connectivity index (χ1v) is 11.9. The molecular formula is C22H35N3O3S. The molecule has 2 amide bonds. The monoisotopic (exact) mass is 421 g/mol.